The summed E-state index contributed by atoms with van der Waals surface area (Å²) in [6, 6.07) is 13.2. The van der Waals surface area contributed by atoms with E-state index in [0.717, 1.165) is 43.9 Å². The number of rotatable bonds is 2. The summed E-state index contributed by atoms with van der Waals surface area (Å²) in [4.78, 5) is 20.1. The van der Waals surface area contributed by atoms with Crippen molar-refractivity contribution in [2.45, 2.75) is 26.3 Å². The first-order valence-electron chi connectivity index (χ1n) is 11.5. The molecule has 2 aliphatic rings. The van der Waals surface area contributed by atoms with Gasteiger partial charge in [0.2, 0.25) is 5.91 Å². The molecule has 184 valence electrons. The average molecular weight is 567 g/mol. The van der Waals surface area contributed by atoms with E-state index in [-0.39, 0.29) is 12.5 Å². The summed E-state index contributed by atoms with van der Waals surface area (Å²) in [5.41, 5.74) is 4.21. The van der Waals surface area contributed by atoms with Gasteiger partial charge >= 0.3 is 0 Å². The molecule has 1 amide bonds. The van der Waals surface area contributed by atoms with Crippen molar-refractivity contribution in [2.75, 3.05) is 11.4 Å². The molecule has 2 aromatic heterocycles. The first-order chi connectivity index (χ1) is 17.9. The Morgan fingerprint density at radius 1 is 1.03 bits per heavy atom. The van der Waals surface area contributed by atoms with Gasteiger partial charge in [0.15, 0.2) is 5.82 Å². The molecule has 6 nitrogen and oxygen atoms in total. The van der Waals surface area contributed by atoms with Crippen LogP contribution in [-0.2, 0) is 17.8 Å². The molecule has 10 heteroatoms. The maximum absolute atomic E-state index is 12.7. The minimum Gasteiger partial charge on any atom is -0.299 e. The van der Waals surface area contributed by atoms with Crippen molar-refractivity contribution >= 4 is 63.4 Å². The van der Waals surface area contributed by atoms with Crippen LogP contribution in [-0.4, -0.2) is 32.9 Å². The second kappa shape index (κ2) is 9.62. The highest BCUT2D eigenvalue weighted by atomic mass is 35.5. The van der Waals surface area contributed by atoms with Crippen LogP contribution in [0.5, 0.6) is 0 Å². The van der Waals surface area contributed by atoms with Crippen molar-refractivity contribution in [1.29, 1.82) is 0 Å². The number of aryl methyl sites for hydroxylation is 2. The SMILES string of the molecule is Cc1nnc2n1-c1sc(C#CCN3C(=O)CCc4cc(Cl)cc(Cl)c43)cc1C(c1ccccc1Cl)=NC2. The highest BCUT2D eigenvalue weighted by Crippen LogP contribution is 2.37. The minimum atomic E-state index is -0.00844. The molecule has 0 atom stereocenters. The van der Waals surface area contributed by atoms with E-state index >= 15 is 0 Å². The monoisotopic (exact) mass is 565 g/mol. The standard InChI is InChI=1S/C27H18Cl3N5OS/c1-15-32-33-23-14-31-25(19-6-2-3-7-21(19)29)20-13-18(37-27(20)35(15)23)5-4-10-34-24(36)9-8-16-11-17(28)12-22(30)26(16)34/h2-3,6-7,11-13H,8-10,14H2,1H3. The van der Waals surface area contributed by atoms with Gasteiger partial charge in [0.25, 0.3) is 0 Å². The number of fused-ring (bicyclic) bond motifs is 4. The van der Waals surface area contributed by atoms with Crippen LogP contribution < -0.4 is 4.90 Å². The number of aromatic nitrogens is 3. The van der Waals surface area contributed by atoms with Crippen molar-refractivity contribution in [1.82, 2.24) is 14.8 Å². The molecule has 0 radical (unpaired) electrons. The largest absolute Gasteiger partial charge is 0.299 e. The van der Waals surface area contributed by atoms with E-state index in [1.165, 1.54) is 11.3 Å². The number of amides is 1. The number of hydrogen-bond acceptors (Lipinski definition) is 5. The van der Waals surface area contributed by atoms with Crippen molar-refractivity contribution in [3.05, 3.63) is 90.7 Å². The Balaban J connectivity index is 1.39. The fourth-order valence-electron chi connectivity index (χ4n) is 4.66. The second-order valence-electron chi connectivity index (χ2n) is 8.65. The van der Waals surface area contributed by atoms with Crippen LogP contribution in [0.1, 0.15) is 39.6 Å². The van der Waals surface area contributed by atoms with Gasteiger partial charge in [0.05, 0.1) is 27.8 Å². The number of benzene rings is 2. The highest BCUT2D eigenvalue weighted by molar-refractivity contribution is 7.15. The maximum Gasteiger partial charge on any atom is 0.228 e. The minimum absolute atomic E-state index is 0.00844. The molecular formula is C27H18Cl3N5OS. The zero-order chi connectivity index (χ0) is 25.7. The van der Waals surface area contributed by atoms with Crippen molar-refractivity contribution in [2.24, 2.45) is 4.99 Å². The molecule has 0 bridgehead atoms. The van der Waals surface area contributed by atoms with Crippen molar-refractivity contribution in [3.8, 4) is 16.8 Å². The number of carbonyl (C=O) groups excluding carboxylic acids is 1. The van der Waals surface area contributed by atoms with E-state index < -0.39 is 0 Å². The van der Waals surface area contributed by atoms with Gasteiger partial charge in [0.1, 0.15) is 17.4 Å². The third-order valence-electron chi connectivity index (χ3n) is 6.31. The Morgan fingerprint density at radius 3 is 2.70 bits per heavy atom. The lowest BCUT2D eigenvalue weighted by Crippen LogP contribution is -2.35. The molecule has 0 spiro atoms. The summed E-state index contributed by atoms with van der Waals surface area (Å²) < 4.78 is 2.02. The highest BCUT2D eigenvalue weighted by Gasteiger charge is 2.27. The zero-order valence-corrected chi connectivity index (χ0v) is 22.6. The summed E-state index contributed by atoms with van der Waals surface area (Å²) in [6.45, 7) is 2.53. The van der Waals surface area contributed by atoms with Crippen LogP contribution in [0.3, 0.4) is 0 Å². The summed E-state index contributed by atoms with van der Waals surface area (Å²) in [5.74, 6) is 7.94. The van der Waals surface area contributed by atoms with Gasteiger partial charge in [-0.05, 0) is 43.2 Å². The molecular weight excluding hydrogens is 549 g/mol. The van der Waals surface area contributed by atoms with Crippen LogP contribution in [0.4, 0.5) is 5.69 Å². The Labute approximate surface area is 232 Å². The van der Waals surface area contributed by atoms with Gasteiger partial charge in [0, 0.05) is 27.6 Å². The van der Waals surface area contributed by atoms with E-state index in [1.54, 1.807) is 11.0 Å². The second-order valence-corrected chi connectivity index (χ2v) is 10.9. The van der Waals surface area contributed by atoms with Crippen molar-refractivity contribution < 1.29 is 4.79 Å². The third kappa shape index (κ3) is 4.34. The van der Waals surface area contributed by atoms with E-state index in [2.05, 4.69) is 22.0 Å². The summed E-state index contributed by atoms with van der Waals surface area (Å²) >= 11 is 20.7. The molecule has 0 unspecified atom stereocenters. The third-order valence-corrected chi connectivity index (χ3v) is 8.18. The molecule has 0 aliphatic carbocycles. The lowest BCUT2D eigenvalue weighted by molar-refractivity contribution is -0.118. The van der Waals surface area contributed by atoms with E-state index in [4.69, 9.17) is 39.8 Å². The lowest BCUT2D eigenvalue weighted by atomic mass is 10.0. The number of anilines is 1. The molecule has 4 heterocycles. The molecule has 0 saturated carbocycles. The number of halogens is 3. The topological polar surface area (TPSA) is 63.4 Å². The van der Waals surface area contributed by atoms with Gasteiger partial charge in [-0.3, -0.25) is 19.3 Å². The fourth-order valence-corrected chi connectivity index (χ4v) is 6.62. The lowest BCUT2D eigenvalue weighted by Gasteiger charge is -2.29. The summed E-state index contributed by atoms with van der Waals surface area (Å²) in [5, 5.41) is 11.2. The molecule has 4 aromatic rings. The number of hydrogen-bond donors (Lipinski definition) is 0. The predicted octanol–water partition coefficient (Wildman–Crippen LogP) is 6.28. The number of aliphatic imine (C=N–C) groups is 1. The molecule has 0 saturated heterocycles. The van der Waals surface area contributed by atoms with Gasteiger partial charge < -0.3 is 0 Å². The van der Waals surface area contributed by atoms with Gasteiger partial charge in [-0.25, -0.2) is 0 Å². The normalized spacial score (nSPS) is 14.2. The molecule has 2 aliphatic heterocycles. The Morgan fingerprint density at radius 2 is 1.86 bits per heavy atom. The average Bonchev–Trinajstić information content (AvgIpc) is 3.40. The molecule has 2 aromatic carbocycles. The van der Waals surface area contributed by atoms with Crippen LogP contribution >= 0.6 is 46.1 Å². The van der Waals surface area contributed by atoms with Gasteiger partial charge in [-0.15, -0.1) is 21.5 Å². The fraction of sp³-hybridized carbons (Fsp3) is 0.185. The maximum atomic E-state index is 12.7. The summed E-state index contributed by atoms with van der Waals surface area (Å²) in [6.07, 6.45) is 1.01. The first kappa shape index (κ1) is 24.2. The van der Waals surface area contributed by atoms with Crippen LogP contribution in [0.15, 0.2) is 47.5 Å². The zero-order valence-electron chi connectivity index (χ0n) is 19.6. The molecule has 37 heavy (non-hydrogen) atoms. The van der Waals surface area contributed by atoms with E-state index in [0.29, 0.717) is 40.1 Å². The molecule has 0 N–H and O–H groups in total. The number of thiophene rings is 1. The Hall–Kier alpha value is -3.15. The van der Waals surface area contributed by atoms with Gasteiger partial charge in [-0.1, -0.05) is 64.8 Å². The molecule has 0 fully saturated rings. The van der Waals surface area contributed by atoms with Crippen molar-refractivity contribution in [3.63, 3.8) is 0 Å². The molecule has 6 rings (SSSR count). The number of nitrogens with zero attached hydrogens (tertiary/aromatic N) is 5. The van der Waals surface area contributed by atoms with E-state index in [9.17, 15) is 4.79 Å². The predicted molar refractivity (Wildman–Crippen MR) is 149 cm³/mol. The van der Waals surface area contributed by atoms with Crippen LogP contribution in [0.25, 0.3) is 5.00 Å². The quantitative estimate of drug-likeness (QED) is 0.268. The van der Waals surface area contributed by atoms with Crippen LogP contribution in [0, 0.1) is 18.8 Å². The number of carbonyl (C=O) groups is 1. The first-order valence-corrected chi connectivity index (χ1v) is 13.5. The smallest absolute Gasteiger partial charge is 0.228 e. The van der Waals surface area contributed by atoms with E-state index in [1.807, 2.05) is 47.9 Å². The Kier molecular flexibility index (Phi) is 6.29. The van der Waals surface area contributed by atoms with Gasteiger partial charge in [-0.2, -0.15) is 0 Å². The van der Waals surface area contributed by atoms with Crippen LogP contribution in [0.2, 0.25) is 15.1 Å². The Bertz CT molecular complexity index is 1680. The summed E-state index contributed by atoms with van der Waals surface area (Å²) in [7, 11) is 0.